The topological polar surface area (TPSA) is 85.3 Å². The Labute approximate surface area is 170 Å². The van der Waals surface area contributed by atoms with E-state index in [1.54, 1.807) is 32.4 Å². The summed E-state index contributed by atoms with van der Waals surface area (Å²) in [6, 6.07) is 5.06. The molecule has 2 atom stereocenters. The number of hydrogen-bond donors (Lipinski definition) is 0. The number of thioether (sulfide) groups is 1. The summed E-state index contributed by atoms with van der Waals surface area (Å²) in [5.41, 5.74) is 0.662. The standard InChI is InChI=1S/C19H26N2O5S2/c1-5-12(6-2)18(22)20-19-21(15-10-28(23,24)11-17(15)27-19)14-9-13(25-3)7-8-16(14)26-4/h7-9,12,15,17H,5-6,10-11H2,1-4H3/t15-,17+/m0/s1. The van der Waals surface area contributed by atoms with Crippen LogP contribution >= 0.6 is 11.8 Å². The van der Waals surface area contributed by atoms with Crippen molar-refractivity contribution in [2.75, 3.05) is 30.6 Å². The van der Waals surface area contributed by atoms with Gasteiger partial charge in [0.05, 0.1) is 37.5 Å². The van der Waals surface area contributed by atoms with Gasteiger partial charge in [-0.05, 0) is 25.0 Å². The monoisotopic (exact) mass is 426 g/mol. The van der Waals surface area contributed by atoms with Crippen LogP contribution in [0.15, 0.2) is 23.2 Å². The quantitative estimate of drug-likeness (QED) is 0.691. The molecule has 3 rings (SSSR count). The van der Waals surface area contributed by atoms with Crippen LogP contribution in [0.5, 0.6) is 11.5 Å². The molecule has 7 nitrogen and oxygen atoms in total. The number of sulfone groups is 1. The Morgan fingerprint density at radius 2 is 1.96 bits per heavy atom. The first-order valence-electron chi connectivity index (χ1n) is 9.34. The summed E-state index contributed by atoms with van der Waals surface area (Å²) < 4.78 is 35.3. The molecule has 0 aliphatic carbocycles. The van der Waals surface area contributed by atoms with Gasteiger partial charge in [-0.25, -0.2) is 8.42 Å². The molecule has 0 aromatic heterocycles. The second-order valence-electron chi connectivity index (χ2n) is 6.95. The lowest BCUT2D eigenvalue weighted by molar-refractivity contribution is -0.121. The van der Waals surface area contributed by atoms with Crippen molar-refractivity contribution >= 4 is 38.4 Å². The SMILES string of the molecule is CCC(CC)C(=O)N=C1S[C@@H]2CS(=O)(=O)C[C@@H]2N1c1cc(OC)ccc1OC. The van der Waals surface area contributed by atoms with E-state index in [0.29, 0.717) is 22.4 Å². The van der Waals surface area contributed by atoms with Gasteiger partial charge in [-0.1, -0.05) is 25.6 Å². The summed E-state index contributed by atoms with van der Waals surface area (Å²) in [4.78, 5) is 18.9. The van der Waals surface area contributed by atoms with Crippen LogP contribution in [-0.2, 0) is 14.6 Å². The van der Waals surface area contributed by atoms with Crippen LogP contribution in [0.2, 0.25) is 0 Å². The van der Waals surface area contributed by atoms with Gasteiger partial charge in [0, 0.05) is 17.2 Å². The van der Waals surface area contributed by atoms with Crippen molar-refractivity contribution in [1.82, 2.24) is 0 Å². The third kappa shape index (κ3) is 4.00. The van der Waals surface area contributed by atoms with E-state index in [1.807, 2.05) is 18.7 Å². The number of hydrogen-bond acceptors (Lipinski definition) is 6. The fourth-order valence-corrected chi connectivity index (χ4v) is 7.57. The molecule has 1 amide bonds. The summed E-state index contributed by atoms with van der Waals surface area (Å²) in [6.07, 6.45) is 1.45. The first kappa shape index (κ1) is 21.0. The number of carbonyl (C=O) groups is 1. The maximum atomic E-state index is 12.7. The van der Waals surface area contributed by atoms with Crippen LogP contribution in [0, 0.1) is 5.92 Å². The number of amides is 1. The molecule has 1 aromatic carbocycles. The van der Waals surface area contributed by atoms with E-state index >= 15 is 0 Å². The highest BCUT2D eigenvalue weighted by atomic mass is 32.2. The zero-order valence-corrected chi connectivity index (χ0v) is 18.2. The number of aliphatic imine (C=N–C) groups is 1. The number of anilines is 1. The normalized spacial score (nSPS) is 24.6. The summed E-state index contributed by atoms with van der Waals surface area (Å²) in [7, 11) is -0.00640. The van der Waals surface area contributed by atoms with Gasteiger partial charge in [0.1, 0.15) is 11.5 Å². The second-order valence-corrected chi connectivity index (χ2v) is 10.3. The first-order chi connectivity index (χ1) is 13.3. The summed E-state index contributed by atoms with van der Waals surface area (Å²) in [6.45, 7) is 3.94. The van der Waals surface area contributed by atoms with Crippen LogP contribution < -0.4 is 14.4 Å². The molecular weight excluding hydrogens is 400 g/mol. The van der Waals surface area contributed by atoms with Gasteiger partial charge in [0.25, 0.3) is 5.91 Å². The summed E-state index contributed by atoms with van der Waals surface area (Å²) >= 11 is 1.37. The van der Waals surface area contributed by atoms with Gasteiger partial charge in [-0.15, -0.1) is 0 Å². The van der Waals surface area contributed by atoms with Crippen LogP contribution in [0.4, 0.5) is 5.69 Å². The maximum absolute atomic E-state index is 12.7. The van der Waals surface area contributed by atoms with Crippen molar-refractivity contribution in [2.24, 2.45) is 10.9 Å². The number of methoxy groups -OCH3 is 2. The van der Waals surface area contributed by atoms with E-state index in [2.05, 4.69) is 4.99 Å². The van der Waals surface area contributed by atoms with E-state index in [1.165, 1.54) is 11.8 Å². The number of amidine groups is 1. The molecule has 2 saturated heterocycles. The molecule has 0 bridgehead atoms. The van der Waals surface area contributed by atoms with Gasteiger partial charge in [-0.2, -0.15) is 4.99 Å². The molecule has 0 saturated carbocycles. The number of rotatable bonds is 6. The van der Waals surface area contributed by atoms with Gasteiger partial charge >= 0.3 is 0 Å². The van der Waals surface area contributed by atoms with Crippen molar-refractivity contribution in [1.29, 1.82) is 0 Å². The summed E-state index contributed by atoms with van der Waals surface area (Å²) in [5, 5.41) is 0.377. The second kappa shape index (κ2) is 8.32. The predicted octanol–water partition coefficient (Wildman–Crippen LogP) is 2.74. The number of benzene rings is 1. The Balaban J connectivity index is 2.08. The van der Waals surface area contributed by atoms with E-state index in [0.717, 1.165) is 12.8 Å². The highest BCUT2D eigenvalue weighted by Gasteiger charge is 2.50. The molecule has 2 heterocycles. The zero-order chi connectivity index (χ0) is 20.5. The molecule has 2 aliphatic heterocycles. The first-order valence-corrected chi connectivity index (χ1v) is 12.0. The van der Waals surface area contributed by atoms with Crippen LogP contribution in [-0.4, -0.2) is 56.5 Å². The maximum Gasteiger partial charge on any atom is 0.251 e. The Morgan fingerprint density at radius 3 is 2.57 bits per heavy atom. The Bertz CT molecular complexity index is 880. The third-order valence-corrected chi connectivity index (χ3v) is 8.46. The molecule has 2 fully saturated rings. The Morgan fingerprint density at radius 1 is 1.25 bits per heavy atom. The average molecular weight is 427 g/mol. The Hall–Kier alpha value is -1.74. The number of ether oxygens (including phenoxy) is 2. The molecule has 9 heteroatoms. The fraction of sp³-hybridized carbons (Fsp3) is 0.579. The molecule has 28 heavy (non-hydrogen) atoms. The van der Waals surface area contributed by atoms with Crippen molar-refractivity contribution in [3.05, 3.63) is 18.2 Å². The minimum Gasteiger partial charge on any atom is -0.497 e. The van der Waals surface area contributed by atoms with Gasteiger partial charge in [-0.3, -0.25) is 4.79 Å². The van der Waals surface area contributed by atoms with Crippen molar-refractivity contribution in [3.8, 4) is 11.5 Å². The number of carbonyl (C=O) groups excluding carboxylic acids is 1. The van der Waals surface area contributed by atoms with Crippen molar-refractivity contribution < 1.29 is 22.7 Å². The molecule has 2 aliphatic rings. The number of fused-ring (bicyclic) bond motifs is 1. The van der Waals surface area contributed by atoms with Gasteiger partial charge in [0.15, 0.2) is 15.0 Å². The van der Waals surface area contributed by atoms with E-state index in [4.69, 9.17) is 9.47 Å². The lowest BCUT2D eigenvalue weighted by atomic mass is 10.0. The molecule has 0 unspecified atom stereocenters. The highest BCUT2D eigenvalue weighted by Crippen LogP contribution is 2.45. The zero-order valence-electron chi connectivity index (χ0n) is 16.5. The summed E-state index contributed by atoms with van der Waals surface area (Å²) in [5.74, 6) is 1.02. The predicted molar refractivity (Wildman–Crippen MR) is 112 cm³/mol. The average Bonchev–Trinajstić information content (AvgIpc) is 3.12. The lowest BCUT2D eigenvalue weighted by Gasteiger charge is -2.26. The molecule has 1 aromatic rings. The molecule has 0 spiro atoms. The van der Waals surface area contributed by atoms with Crippen LogP contribution in [0.25, 0.3) is 0 Å². The van der Waals surface area contributed by atoms with Gasteiger partial charge in [0.2, 0.25) is 0 Å². The third-order valence-electron chi connectivity index (χ3n) is 5.25. The van der Waals surface area contributed by atoms with E-state index < -0.39 is 9.84 Å². The minimum absolute atomic E-state index is 0.0310. The highest BCUT2D eigenvalue weighted by molar-refractivity contribution is 8.16. The van der Waals surface area contributed by atoms with Crippen LogP contribution in [0.1, 0.15) is 26.7 Å². The molecule has 0 N–H and O–H groups in total. The largest absolute Gasteiger partial charge is 0.497 e. The smallest absolute Gasteiger partial charge is 0.251 e. The fourth-order valence-electron chi connectivity index (χ4n) is 3.65. The molecular formula is C19H26N2O5S2. The van der Waals surface area contributed by atoms with Gasteiger partial charge < -0.3 is 14.4 Å². The van der Waals surface area contributed by atoms with Crippen molar-refractivity contribution in [3.63, 3.8) is 0 Å². The number of nitrogens with zero attached hydrogens (tertiary/aromatic N) is 2. The van der Waals surface area contributed by atoms with E-state index in [9.17, 15) is 13.2 Å². The lowest BCUT2D eigenvalue weighted by Crippen LogP contribution is -2.38. The molecule has 154 valence electrons. The van der Waals surface area contributed by atoms with Crippen molar-refractivity contribution in [2.45, 2.75) is 38.0 Å². The van der Waals surface area contributed by atoms with Crippen LogP contribution in [0.3, 0.4) is 0 Å². The minimum atomic E-state index is -3.13. The molecule has 0 radical (unpaired) electrons. The Kier molecular flexibility index (Phi) is 6.24. The van der Waals surface area contributed by atoms with E-state index in [-0.39, 0.29) is 34.6 Å².